The van der Waals surface area contributed by atoms with Crippen LogP contribution in [0.15, 0.2) is 192 Å². The SMILES string of the molecule is c1ccc2c(c1)sc1cc(-c3ccc4oc5c(-n6c7ccccc7c7cc(-c8ccc9c%10ccccc%10c%10ccccc%10c9c8)ccc76)cccc5c4c3)ccc12. The topological polar surface area (TPSA) is 18.1 Å². The first-order valence-electron chi connectivity index (χ1n) is 19.5. The van der Waals surface area contributed by atoms with Crippen molar-refractivity contribution in [2.24, 2.45) is 0 Å². The standard InChI is InChI=1S/C54H31NOS/c1-2-12-38-36(10-1)37-11-3-4-13-39(37)45-28-32(20-24-40(38)45)33-22-26-49-46(29-33)41-14-5-7-17-48(41)55(49)50-18-9-16-44-47-30-34(23-27-51(47)56-54(44)50)35-21-25-43-42-15-6-8-19-52(42)57-53(43)31-35/h1-31H. The average Bonchev–Trinajstić information content (AvgIpc) is 3.95. The lowest BCUT2D eigenvalue weighted by molar-refractivity contribution is 0.666. The molecule has 0 amide bonds. The highest BCUT2D eigenvalue weighted by Crippen LogP contribution is 2.43. The van der Waals surface area contributed by atoms with E-state index in [1.165, 1.54) is 85.5 Å². The van der Waals surface area contributed by atoms with Crippen molar-refractivity contribution in [3.05, 3.63) is 188 Å². The van der Waals surface area contributed by atoms with Gasteiger partial charge in [-0.1, -0.05) is 133 Å². The lowest BCUT2D eigenvalue weighted by atomic mass is 9.92. The smallest absolute Gasteiger partial charge is 0.159 e. The van der Waals surface area contributed by atoms with Crippen LogP contribution in [0.4, 0.5) is 0 Å². The van der Waals surface area contributed by atoms with Gasteiger partial charge >= 0.3 is 0 Å². The molecule has 57 heavy (non-hydrogen) atoms. The van der Waals surface area contributed by atoms with Gasteiger partial charge in [-0.2, -0.15) is 0 Å². The first-order valence-corrected chi connectivity index (χ1v) is 20.3. The molecule has 0 unspecified atom stereocenters. The lowest BCUT2D eigenvalue weighted by Gasteiger charge is -2.12. The molecule has 3 heterocycles. The predicted octanol–water partition coefficient (Wildman–Crippen LogP) is 15.8. The normalized spacial score (nSPS) is 12.2. The molecular weight excluding hydrogens is 711 g/mol. The summed E-state index contributed by atoms with van der Waals surface area (Å²) in [4.78, 5) is 0. The van der Waals surface area contributed by atoms with Crippen LogP contribution >= 0.6 is 11.3 Å². The number of furan rings is 1. The van der Waals surface area contributed by atoms with Crippen LogP contribution in [0.1, 0.15) is 0 Å². The van der Waals surface area contributed by atoms with Crippen LogP contribution in [0.3, 0.4) is 0 Å². The number of hydrogen-bond acceptors (Lipinski definition) is 2. The summed E-state index contributed by atoms with van der Waals surface area (Å²) in [5.74, 6) is 0. The van der Waals surface area contributed by atoms with Gasteiger partial charge in [0, 0.05) is 41.7 Å². The minimum atomic E-state index is 0.892. The van der Waals surface area contributed by atoms with Gasteiger partial charge in [-0.15, -0.1) is 11.3 Å². The van der Waals surface area contributed by atoms with Crippen LogP contribution in [0, 0.1) is 0 Å². The van der Waals surface area contributed by atoms with Crippen molar-refractivity contribution in [2.75, 3.05) is 0 Å². The van der Waals surface area contributed by atoms with Gasteiger partial charge in [0.15, 0.2) is 5.58 Å². The van der Waals surface area contributed by atoms with Crippen molar-refractivity contribution in [1.29, 1.82) is 0 Å². The third kappa shape index (κ3) is 4.46. The second-order valence-electron chi connectivity index (χ2n) is 15.2. The summed E-state index contributed by atoms with van der Waals surface area (Å²) in [5, 5.41) is 15.1. The Kier molecular flexibility index (Phi) is 6.35. The highest BCUT2D eigenvalue weighted by Gasteiger charge is 2.19. The summed E-state index contributed by atoms with van der Waals surface area (Å²) >= 11 is 1.86. The number of aromatic nitrogens is 1. The zero-order valence-corrected chi connectivity index (χ0v) is 31.5. The number of rotatable bonds is 3. The number of para-hydroxylation sites is 2. The Hall–Kier alpha value is -7.20. The molecule has 264 valence electrons. The van der Waals surface area contributed by atoms with E-state index in [2.05, 4.69) is 193 Å². The van der Waals surface area contributed by atoms with Gasteiger partial charge in [0.25, 0.3) is 0 Å². The first-order chi connectivity index (χ1) is 28.2. The number of nitrogens with zero attached hydrogens (tertiary/aromatic N) is 1. The molecule has 3 aromatic heterocycles. The van der Waals surface area contributed by atoms with E-state index in [1.54, 1.807) is 0 Å². The van der Waals surface area contributed by atoms with Gasteiger partial charge in [-0.25, -0.2) is 0 Å². The maximum atomic E-state index is 6.79. The fourth-order valence-corrected chi connectivity index (χ4v) is 10.7. The monoisotopic (exact) mass is 741 g/mol. The van der Waals surface area contributed by atoms with Gasteiger partial charge in [-0.05, 0) is 109 Å². The van der Waals surface area contributed by atoms with Crippen LogP contribution in [-0.4, -0.2) is 4.57 Å². The molecule has 3 heteroatoms. The van der Waals surface area contributed by atoms with Gasteiger partial charge in [0.05, 0.1) is 16.7 Å². The second-order valence-corrected chi connectivity index (χ2v) is 16.3. The minimum absolute atomic E-state index is 0.892. The van der Waals surface area contributed by atoms with Crippen LogP contribution in [0.5, 0.6) is 0 Å². The molecular formula is C54H31NOS. The quantitative estimate of drug-likeness (QED) is 0.165. The van der Waals surface area contributed by atoms with Crippen LogP contribution in [-0.2, 0) is 0 Å². The summed E-state index contributed by atoms with van der Waals surface area (Å²) in [6, 6.07) is 69.0. The number of thiophene rings is 1. The summed E-state index contributed by atoms with van der Waals surface area (Å²) in [5.41, 5.74) is 9.96. The van der Waals surface area contributed by atoms with E-state index in [9.17, 15) is 0 Å². The van der Waals surface area contributed by atoms with E-state index < -0.39 is 0 Å². The van der Waals surface area contributed by atoms with E-state index in [1.807, 2.05) is 11.3 Å². The Morgan fingerprint density at radius 3 is 1.60 bits per heavy atom. The molecule has 0 spiro atoms. The zero-order valence-electron chi connectivity index (χ0n) is 30.7. The maximum Gasteiger partial charge on any atom is 0.159 e. The minimum Gasteiger partial charge on any atom is -0.454 e. The maximum absolute atomic E-state index is 6.79. The number of benzene rings is 10. The Morgan fingerprint density at radius 2 is 0.825 bits per heavy atom. The molecule has 0 aliphatic carbocycles. The highest BCUT2D eigenvalue weighted by atomic mass is 32.1. The third-order valence-corrected chi connectivity index (χ3v) is 13.3. The van der Waals surface area contributed by atoms with E-state index >= 15 is 0 Å². The molecule has 0 fully saturated rings. The third-order valence-electron chi connectivity index (χ3n) is 12.2. The summed E-state index contributed by atoms with van der Waals surface area (Å²) in [7, 11) is 0. The van der Waals surface area contributed by atoms with Gasteiger partial charge < -0.3 is 8.98 Å². The molecule has 0 atom stereocenters. The first kappa shape index (κ1) is 31.1. The number of hydrogen-bond donors (Lipinski definition) is 0. The highest BCUT2D eigenvalue weighted by molar-refractivity contribution is 7.25. The van der Waals surface area contributed by atoms with Gasteiger partial charge in [0.1, 0.15) is 5.58 Å². The molecule has 0 N–H and O–H groups in total. The average molecular weight is 742 g/mol. The molecule has 13 aromatic rings. The fourth-order valence-electron chi connectivity index (χ4n) is 9.54. The van der Waals surface area contributed by atoms with Crippen molar-refractivity contribution in [2.45, 2.75) is 0 Å². The van der Waals surface area contributed by atoms with Crippen LogP contribution in [0.25, 0.3) is 124 Å². The summed E-state index contributed by atoms with van der Waals surface area (Å²) < 4.78 is 11.8. The fraction of sp³-hybridized carbons (Fsp3) is 0. The predicted molar refractivity (Wildman–Crippen MR) is 244 cm³/mol. The molecule has 13 rings (SSSR count). The van der Waals surface area contributed by atoms with Crippen molar-refractivity contribution >= 4 is 108 Å². The molecule has 0 radical (unpaired) electrons. The van der Waals surface area contributed by atoms with Crippen molar-refractivity contribution < 1.29 is 4.42 Å². The van der Waals surface area contributed by atoms with Crippen molar-refractivity contribution in [3.8, 4) is 27.9 Å². The Labute approximate surface area is 331 Å². The van der Waals surface area contributed by atoms with E-state index in [4.69, 9.17) is 4.42 Å². The molecule has 0 aliphatic heterocycles. The zero-order chi connectivity index (χ0) is 37.2. The molecule has 0 saturated heterocycles. The Balaban J connectivity index is 0.969. The van der Waals surface area contributed by atoms with E-state index in [0.717, 1.165) is 38.7 Å². The Bertz CT molecular complexity index is 3790. The van der Waals surface area contributed by atoms with E-state index in [0.29, 0.717) is 0 Å². The summed E-state index contributed by atoms with van der Waals surface area (Å²) in [6.07, 6.45) is 0. The van der Waals surface area contributed by atoms with Gasteiger partial charge in [0.2, 0.25) is 0 Å². The van der Waals surface area contributed by atoms with Crippen molar-refractivity contribution in [3.63, 3.8) is 0 Å². The molecule has 10 aromatic carbocycles. The largest absolute Gasteiger partial charge is 0.454 e. The number of fused-ring (bicyclic) bond motifs is 15. The summed E-state index contributed by atoms with van der Waals surface area (Å²) in [6.45, 7) is 0. The second kappa shape index (κ2) is 11.7. The lowest BCUT2D eigenvalue weighted by Crippen LogP contribution is -1.94. The van der Waals surface area contributed by atoms with Gasteiger partial charge in [-0.3, -0.25) is 0 Å². The van der Waals surface area contributed by atoms with Crippen molar-refractivity contribution in [1.82, 2.24) is 4.57 Å². The molecule has 2 nitrogen and oxygen atoms in total. The van der Waals surface area contributed by atoms with Crippen LogP contribution in [0.2, 0.25) is 0 Å². The Morgan fingerprint density at radius 1 is 0.316 bits per heavy atom. The van der Waals surface area contributed by atoms with E-state index in [-0.39, 0.29) is 0 Å². The molecule has 0 bridgehead atoms. The molecule has 0 aliphatic rings. The van der Waals surface area contributed by atoms with Crippen LogP contribution < -0.4 is 0 Å². The molecule has 0 saturated carbocycles.